The number of hydrogen-bond acceptors (Lipinski definition) is 3. The highest BCUT2D eigenvalue weighted by Gasteiger charge is 2.19. The lowest BCUT2D eigenvalue weighted by Gasteiger charge is -2.08. The molecule has 4 aromatic rings. The van der Waals surface area contributed by atoms with Gasteiger partial charge in [-0.3, -0.25) is 4.79 Å². The van der Waals surface area contributed by atoms with Gasteiger partial charge in [0, 0.05) is 20.2 Å². The van der Waals surface area contributed by atoms with Crippen LogP contribution < -0.4 is 5.32 Å². The Morgan fingerprint density at radius 1 is 0.900 bits per heavy atom. The summed E-state index contributed by atoms with van der Waals surface area (Å²) in [6, 6.07) is 21.2. The number of halogens is 2. The van der Waals surface area contributed by atoms with Gasteiger partial charge in [-0.15, -0.1) is 5.10 Å². The number of carbonyl (C=O) groups is 1. The maximum Gasteiger partial charge on any atom is 0.295 e. The van der Waals surface area contributed by atoms with Crippen molar-refractivity contribution in [3.05, 3.63) is 92.6 Å². The van der Waals surface area contributed by atoms with Crippen LogP contribution in [0.2, 0.25) is 0 Å². The normalized spacial score (nSPS) is 10.8. The fourth-order valence-electron chi connectivity index (χ4n) is 2.98. The van der Waals surface area contributed by atoms with Crippen molar-refractivity contribution in [3.63, 3.8) is 0 Å². The summed E-state index contributed by atoms with van der Waals surface area (Å²) in [4.78, 5) is 17.4. The van der Waals surface area contributed by atoms with Crippen LogP contribution in [0.5, 0.6) is 0 Å². The summed E-state index contributed by atoms with van der Waals surface area (Å²) in [5, 5.41) is 7.40. The number of nitrogens with zero attached hydrogens (tertiary/aromatic N) is 3. The van der Waals surface area contributed by atoms with Crippen LogP contribution in [0.1, 0.15) is 21.7 Å². The second-order valence-electron chi connectivity index (χ2n) is 6.91. The van der Waals surface area contributed by atoms with E-state index >= 15 is 0 Å². The average Bonchev–Trinajstić information content (AvgIpc) is 3.16. The molecule has 0 radical (unpaired) electrons. The van der Waals surface area contributed by atoms with Crippen LogP contribution in [-0.2, 0) is 0 Å². The second-order valence-corrected chi connectivity index (χ2v) is 8.74. The molecular formula is C23H18Br2N4O. The Kier molecular flexibility index (Phi) is 5.83. The Balaban J connectivity index is 1.77. The highest BCUT2D eigenvalue weighted by Crippen LogP contribution is 2.25. The van der Waals surface area contributed by atoms with Crippen molar-refractivity contribution >= 4 is 43.5 Å². The summed E-state index contributed by atoms with van der Waals surface area (Å²) >= 11 is 6.87. The Morgan fingerprint density at radius 2 is 1.67 bits per heavy atom. The third-order valence-electron chi connectivity index (χ3n) is 4.73. The molecule has 0 spiro atoms. The molecule has 0 unspecified atom stereocenters. The molecule has 1 amide bonds. The Hall–Kier alpha value is -2.77. The van der Waals surface area contributed by atoms with Crippen molar-refractivity contribution in [3.8, 4) is 17.1 Å². The number of anilines is 1. The summed E-state index contributed by atoms with van der Waals surface area (Å²) in [6.07, 6.45) is 0. The number of carbonyl (C=O) groups excluding carboxylic acids is 1. The van der Waals surface area contributed by atoms with Crippen LogP contribution >= 0.6 is 31.9 Å². The summed E-state index contributed by atoms with van der Waals surface area (Å²) < 4.78 is 3.56. The zero-order valence-corrected chi connectivity index (χ0v) is 19.5. The summed E-state index contributed by atoms with van der Waals surface area (Å²) in [5.41, 5.74) is 4.72. The number of amides is 1. The molecule has 0 atom stereocenters. The zero-order valence-electron chi connectivity index (χ0n) is 16.4. The monoisotopic (exact) mass is 524 g/mol. The van der Waals surface area contributed by atoms with Gasteiger partial charge in [-0.25, -0.2) is 9.67 Å². The lowest BCUT2D eigenvalue weighted by molar-refractivity contribution is 0.101. The number of aromatic nitrogens is 3. The first-order valence-electron chi connectivity index (χ1n) is 9.28. The van der Waals surface area contributed by atoms with Crippen LogP contribution in [-0.4, -0.2) is 20.7 Å². The van der Waals surface area contributed by atoms with E-state index < -0.39 is 0 Å². The minimum Gasteiger partial charge on any atom is -0.319 e. The van der Waals surface area contributed by atoms with Crippen LogP contribution in [0.15, 0.2) is 75.7 Å². The molecule has 0 aliphatic carbocycles. The van der Waals surface area contributed by atoms with Gasteiger partial charge in [-0.2, -0.15) is 0 Å². The Bertz CT molecular complexity index is 1230. The SMILES string of the molecule is Cc1ccc(-n2nc(C(=O)Nc3cccc(Br)c3)nc2-c2ccc(Br)cc2)cc1C. The van der Waals surface area contributed by atoms with Gasteiger partial charge in [0.1, 0.15) is 0 Å². The molecule has 0 aliphatic rings. The molecule has 7 heteroatoms. The lowest BCUT2D eigenvalue weighted by atomic mass is 10.1. The van der Waals surface area contributed by atoms with Crippen molar-refractivity contribution in [1.29, 1.82) is 0 Å². The predicted molar refractivity (Wildman–Crippen MR) is 126 cm³/mol. The highest BCUT2D eigenvalue weighted by atomic mass is 79.9. The molecule has 0 saturated heterocycles. The fraction of sp³-hybridized carbons (Fsp3) is 0.0870. The van der Waals surface area contributed by atoms with E-state index in [1.54, 1.807) is 4.68 Å². The molecule has 0 fully saturated rings. The molecule has 150 valence electrons. The predicted octanol–water partition coefficient (Wildman–Crippen LogP) is 6.33. The highest BCUT2D eigenvalue weighted by molar-refractivity contribution is 9.10. The standard InChI is InChI=1S/C23H18Br2N4O/c1-14-6-11-20(12-15(14)2)29-22(16-7-9-17(24)10-8-16)27-21(28-29)23(30)26-19-5-3-4-18(25)13-19/h3-13H,1-2H3,(H,26,30). The van der Waals surface area contributed by atoms with Crippen molar-refractivity contribution in [2.75, 3.05) is 5.32 Å². The molecular weight excluding hydrogens is 508 g/mol. The number of rotatable bonds is 4. The third-order valence-corrected chi connectivity index (χ3v) is 5.75. The van der Waals surface area contributed by atoms with Gasteiger partial charge in [-0.05, 0) is 67.4 Å². The molecule has 4 rings (SSSR count). The number of nitrogens with one attached hydrogen (secondary N) is 1. The molecule has 1 aromatic heterocycles. The van der Waals surface area contributed by atoms with E-state index in [-0.39, 0.29) is 11.7 Å². The van der Waals surface area contributed by atoms with E-state index in [1.807, 2.05) is 66.7 Å². The lowest BCUT2D eigenvalue weighted by Crippen LogP contribution is -2.14. The minimum atomic E-state index is -0.367. The van der Waals surface area contributed by atoms with Crippen LogP contribution in [0.3, 0.4) is 0 Å². The smallest absolute Gasteiger partial charge is 0.295 e. The maximum atomic E-state index is 12.9. The van der Waals surface area contributed by atoms with Gasteiger partial charge in [-0.1, -0.05) is 56.1 Å². The second kappa shape index (κ2) is 8.53. The Labute approximate surface area is 191 Å². The van der Waals surface area contributed by atoms with Crippen molar-refractivity contribution in [1.82, 2.24) is 14.8 Å². The van der Waals surface area contributed by atoms with Crippen LogP contribution in [0, 0.1) is 13.8 Å². The largest absolute Gasteiger partial charge is 0.319 e. The molecule has 30 heavy (non-hydrogen) atoms. The minimum absolute atomic E-state index is 0.103. The van der Waals surface area contributed by atoms with Crippen molar-refractivity contribution in [2.45, 2.75) is 13.8 Å². The Morgan fingerprint density at radius 3 is 2.37 bits per heavy atom. The molecule has 3 aromatic carbocycles. The number of aryl methyl sites for hydroxylation is 2. The molecule has 0 saturated carbocycles. The van der Waals surface area contributed by atoms with E-state index in [0.717, 1.165) is 25.8 Å². The van der Waals surface area contributed by atoms with E-state index in [0.29, 0.717) is 11.5 Å². The number of hydrogen-bond donors (Lipinski definition) is 1. The van der Waals surface area contributed by atoms with E-state index in [4.69, 9.17) is 0 Å². The molecule has 1 N–H and O–H groups in total. The third kappa shape index (κ3) is 4.37. The topological polar surface area (TPSA) is 59.8 Å². The van der Waals surface area contributed by atoms with E-state index in [9.17, 15) is 4.79 Å². The van der Waals surface area contributed by atoms with Gasteiger partial charge >= 0.3 is 0 Å². The fourth-order valence-corrected chi connectivity index (χ4v) is 3.65. The summed E-state index contributed by atoms with van der Waals surface area (Å²) in [5.74, 6) is 0.338. The zero-order chi connectivity index (χ0) is 21.3. The summed E-state index contributed by atoms with van der Waals surface area (Å²) in [7, 11) is 0. The average molecular weight is 526 g/mol. The van der Waals surface area contributed by atoms with Gasteiger partial charge in [0.2, 0.25) is 5.82 Å². The van der Waals surface area contributed by atoms with Gasteiger partial charge in [0.25, 0.3) is 5.91 Å². The van der Waals surface area contributed by atoms with Crippen LogP contribution in [0.25, 0.3) is 17.1 Å². The van der Waals surface area contributed by atoms with Crippen molar-refractivity contribution in [2.24, 2.45) is 0 Å². The van der Waals surface area contributed by atoms with Gasteiger partial charge < -0.3 is 5.32 Å². The summed E-state index contributed by atoms with van der Waals surface area (Å²) in [6.45, 7) is 4.11. The van der Waals surface area contributed by atoms with Crippen LogP contribution in [0.4, 0.5) is 5.69 Å². The van der Waals surface area contributed by atoms with E-state index in [2.05, 4.69) is 61.1 Å². The molecule has 1 heterocycles. The molecule has 5 nitrogen and oxygen atoms in total. The maximum absolute atomic E-state index is 12.9. The first kappa shape index (κ1) is 20.5. The van der Waals surface area contributed by atoms with Gasteiger partial charge in [0.05, 0.1) is 5.69 Å². The first-order chi connectivity index (χ1) is 14.4. The van der Waals surface area contributed by atoms with Crippen molar-refractivity contribution < 1.29 is 4.79 Å². The quantitative estimate of drug-likeness (QED) is 0.338. The van der Waals surface area contributed by atoms with E-state index in [1.165, 1.54) is 5.56 Å². The van der Waals surface area contributed by atoms with Gasteiger partial charge in [0.15, 0.2) is 5.82 Å². The molecule has 0 bridgehead atoms. The first-order valence-corrected chi connectivity index (χ1v) is 10.9. The number of benzene rings is 3. The molecule has 0 aliphatic heterocycles.